The highest BCUT2D eigenvalue weighted by Gasteiger charge is 2.32. The van der Waals surface area contributed by atoms with Crippen LogP contribution in [0.4, 0.5) is 0 Å². The van der Waals surface area contributed by atoms with Gasteiger partial charge in [0, 0.05) is 6.04 Å². The highest BCUT2D eigenvalue weighted by molar-refractivity contribution is 4.84. The van der Waals surface area contributed by atoms with Gasteiger partial charge in [-0.15, -0.1) is 0 Å². The summed E-state index contributed by atoms with van der Waals surface area (Å²) in [4.78, 5) is 0. The molecule has 0 bridgehead atoms. The summed E-state index contributed by atoms with van der Waals surface area (Å²) in [6.45, 7) is 9.32. The summed E-state index contributed by atoms with van der Waals surface area (Å²) < 4.78 is 0. The van der Waals surface area contributed by atoms with Crippen LogP contribution in [0.15, 0.2) is 0 Å². The van der Waals surface area contributed by atoms with Gasteiger partial charge in [-0.05, 0) is 43.4 Å². The lowest BCUT2D eigenvalue weighted by Crippen LogP contribution is -2.33. The van der Waals surface area contributed by atoms with Gasteiger partial charge in [0.15, 0.2) is 0 Å². The highest BCUT2D eigenvalue weighted by Crippen LogP contribution is 2.42. The van der Waals surface area contributed by atoms with Crippen molar-refractivity contribution in [1.82, 2.24) is 0 Å². The molecule has 0 radical (unpaired) electrons. The third-order valence-corrected chi connectivity index (χ3v) is 3.97. The fourth-order valence-electron chi connectivity index (χ4n) is 3.04. The van der Waals surface area contributed by atoms with E-state index in [9.17, 15) is 0 Å². The maximum absolute atomic E-state index is 5.91. The Kier molecular flexibility index (Phi) is 4.00. The molecule has 84 valence electrons. The Morgan fingerprint density at radius 2 is 1.71 bits per heavy atom. The Bertz CT molecular complexity index is 164. The predicted molar refractivity (Wildman–Crippen MR) is 63.2 cm³/mol. The third-order valence-electron chi connectivity index (χ3n) is 3.97. The van der Waals surface area contributed by atoms with Crippen molar-refractivity contribution in [3.05, 3.63) is 0 Å². The minimum atomic E-state index is 0.351. The van der Waals surface area contributed by atoms with Crippen LogP contribution in [-0.2, 0) is 0 Å². The average molecular weight is 197 g/mol. The molecule has 1 saturated carbocycles. The molecule has 0 heterocycles. The first-order valence-corrected chi connectivity index (χ1v) is 6.17. The topological polar surface area (TPSA) is 26.0 Å². The highest BCUT2D eigenvalue weighted by atomic mass is 14.6. The Morgan fingerprint density at radius 3 is 2.14 bits per heavy atom. The van der Waals surface area contributed by atoms with Gasteiger partial charge in [0.05, 0.1) is 0 Å². The second kappa shape index (κ2) is 4.65. The summed E-state index contributed by atoms with van der Waals surface area (Å²) in [5.74, 6) is 1.86. The maximum atomic E-state index is 5.91. The molecule has 1 atom stereocenters. The van der Waals surface area contributed by atoms with Gasteiger partial charge in [0.1, 0.15) is 0 Å². The van der Waals surface area contributed by atoms with E-state index in [1.54, 1.807) is 0 Å². The molecular formula is C13H27N. The van der Waals surface area contributed by atoms with Crippen molar-refractivity contribution in [3.8, 4) is 0 Å². The fourth-order valence-corrected chi connectivity index (χ4v) is 3.04. The van der Waals surface area contributed by atoms with Gasteiger partial charge in [0.25, 0.3) is 0 Å². The molecule has 0 saturated heterocycles. The first-order valence-electron chi connectivity index (χ1n) is 6.17. The van der Waals surface area contributed by atoms with E-state index in [1.165, 1.54) is 32.1 Å². The van der Waals surface area contributed by atoms with Gasteiger partial charge < -0.3 is 5.73 Å². The Balaban J connectivity index is 2.46. The van der Waals surface area contributed by atoms with Crippen molar-refractivity contribution >= 4 is 0 Å². The lowest BCUT2D eigenvalue weighted by molar-refractivity contribution is 0.121. The minimum Gasteiger partial charge on any atom is -0.328 e. The van der Waals surface area contributed by atoms with Gasteiger partial charge in [-0.3, -0.25) is 0 Å². The molecule has 1 aliphatic carbocycles. The van der Waals surface area contributed by atoms with E-state index in [0.29, 0.717) is 11.5 Å². The normalized spacial score (nSPS) is 31.5. The van der Waals surface area contributed by atoms with Crippen molar-refractivity contribution < 1.29 is 0 Å². The van der Waals surface area contributed by atoms with E-state index < -0.39 is 0 Å². The fraction of sp³-hybridized carbons (Fsp3) is 1.00. The molecule has 1 unspecified atom stereocenters. The van der Waals surface area contributed by atoms with Crippen LogP contribution >= 0.6 is 0 Å². The summed E-state index contributed by atoms with van der Waals surface area (Å²) in [7, 11) is 0. The summed E-state index contributed by atoms with van der Waals surface area (Å²) >= 11 is 0. The second-order valence-electron chi connectivity index (χ2n) is 6.13. The Morgan fingerprint density at radius 1 is 1.21 bits per heavy atom. The Hall–Kier alpha value is -0.0400. The first kappa shape index (κ1) is 12.0. The van der Waals surface area contributed by atoms with Crippen LogP contribution < -0.4 is 5.73 Å². The molecular weight excluding hydrogens is 170 g/mol. The Labute approximate surface area is 89.5 Å². The van der Waals surface area contributed by atoms with E-state index in [-0.39, 0.29) is 0 Å². The summed E-state index contributed by atoms with van der Waals surface area (Å²) in [5, 5.41) is 0. The zero-order valence-corrected chi connectivity index (χ0v) is 10.3. The summed E-state index contributed by atoms with van der Waals surface area (Å²) in [6, 6.07) is 0.351. The molecule has 0 spiro atoms. The second-order valence-corrected chi connectivity index (χ2v) is 6.13. The van der Waals surface area contributed by atoms with Crippen LogP contribution in [0.2, 0.25) is 0 Å². The maximum Gasteiger partial charge on any atom is 0.00156 e. The molecule has 0 aromatic rings. The largest absolute Gasteiger partial charge is 0.328 e. The molecule has 0 aromatic heterocycles. The third kappa shape index (κ3) is 3.27. The first-order chi connectivity index (χ1) is 6.42. The quantitative estimate of drug-likeness (QED) is 0.735. The van der Waals surface area contributed by atoms with Crippen molar-refractivity contribution in [1.29, 1.82) is 0 Å². The summed E-state index contributed by atoms with van der Waals surface area (Å²) in [6.07, 6.45) is 6.86. The SMILES string of the molecule is CC(N)CC(C)(C)C1CCC(C)CC1. The van der Waals surface area contributed by atoms with Gasteiger partial charge in [-0.1, -0.05) is 33.6 Å². The van der Waals surface area contributed by atoms with E-state index in [2.05, 4.69) is 27.7 Å². The van der Waals surface area contributed by atoms with Crippen LogP contribution in [0.3, 0.4) is 0 Å². The van der Waals surface area contributed by atoms with Crippen LogP contribution in [0, 0.1) is 17.3 Å². The predicted octanol–water partition coefficient (Wildman–Crippen LogP) is 3.58. The van der Waals surface area contributed by atoms with Crippen molar-refractivity contribution in [3.63, 3.8) is 0 Å². The molecule has 0 aromatic carbocycles. The molecule has 0 aliphatic heterocycles. The zero-order chi connectivity index (χ0) is 10.8. The van der Waals surface area contributed by atoms with E-state index in [1.807, 2.05) is 0 Å². The molecule has 1 fully saturated rings. The van der Waals surface area contributed by atoms with E-state index in [4.69, 9.17) is 5.73 Å². The molecule has 1 rings (SSSR count). The van der Waals surface area contributed by atoms with Crippen molar-refractivity contribution in [2.75, 3.05) is 0 Å². The molecule has 2 N–H and O–H groups in total. The molecule has 0 amide bonds. The van der Waals surface area contributed by atoms with Crippen LogP contribution in [0.5, 0.6) is 0 Å². The lowest BCUT2D eigenvalue weighted by Gasteiger charge is -2.39. The van der Waals surface area contributed by atoms with Crippen LogP contribution in [0.25, 0.3) is 0 Å². The molecule has 1 nitrogen and oxygen atoms in total. The molecule has 1 heteroatoms. The zero-order valence-electron chi connectivity index (χ0n) is 10.3. The van der Waals surface area contributed by atoms with E-state index >= 15 is 0 Å². The van der Waals surface area contributed by atoms with Gasteiger partial charge in [-0.25, -0.2) is 0 Å². The number of nitrogens with two attached hydrogens (primary N) is 1. The van der Waals surface area contributed by atoms with E-state index in [0.717, 1.165) is 11.8 Å². The number of hydrogen-bond donors (Lipinski definition) is 1. The minimum absolute atomic E-state index is 0.351. The van der Waals surface area contributed by atoms with Crippen molar-refractivity contribution in [2.24, 2.45) is 23.0 Å². The molecule has 14 heavy (non-hydrogen) atoms. The van der Waals surface area contributed by atoms with Crippen LogP contribution in [-0.4, -0.2) is 6.04 Å². The summed E-state index contributed by atoms with van der Waals surface area (Å²) in [5.41, 5.74) is 6.37. The number of rotatable bonds is 3. The molecule has 1 aliphatic rings. The van der Waals surface area contributed by atoms with Gasteiger partial charge >= 0.3 is 0 Å². The number of hydrogen-bond acceptors (Lipinski definition) is 1. The lowest BCUT2D eigenvalue weighted by atomic mass is 9.67. The standard InChI is InChI=1S/C13H27N/c1-10-5-7-12(8-6-10)13(3,4)9-11(2)14/h10-12H,5-9,14H2,1-4H3. The monoisotopic (exact) mass is 197 g/mol. The van der Waals surface area contributed by atoms with Crippen molar-refractivity contribution in [2.45, 2.75) is 65.8 Å². The average Bonchev–Trinajstić information content (AvgIpc) is 2.02. The van der Waals surface area contributed by atoms with Crippen LogP contribution in [0.1, 0.15) is 59.8 Å². The van der Waals surface area contributed by atoms with Gasteiger partial charge in [-0.2, -0.15) is 0 Å². The smallest absolute Gasteiger partial charge is 0.00156 e. The van der Waals surface area contributed by atoms with Gasteiger partial charge in [0.2, 0.25) is 0 Å².